The van der Waals surface area contributed by atoms with Crippen molar-refractivity contribution in [2.75, 3.05) is 21.3 Å². The van der Waals surface area contributed by atoms with Crippen LogP contribution < -0.4 is 19.6 Å². The molecule has 1 aromatic heterocycles. The Kier molecular flexibility index (Phi) is 6.88. The maximum Gasteiger partial charge on any atom is 0.289 e. The number of carbonyl (C=O) groups excluding carboxylic acids is 1. The third kappa shape index (κ3) is 4.91. The molecule has 1 heterocycles. The van der Waals surface area contributed by atoms with Gasteiger partial charge in [-0.2, -0.15) is 10.2 Å². The highest BCUT2D eigenvalue weighted by Crippen LogP contribution is 2.37. The average molecular weight is 457 g/mol. The molecule has 0 radical (unpaired) electrons. The van der Waals surface area contributed by atoms with Crippen molar-refractivity contribution >= 4 is 12.1 Å². The van der Waals surface area contributed by atoms with E-state index in [1.54, 1.807) is 18.2 Å². The van der Waals surface area contributed by atoms with Crippen molar-refractivity contribution in [2.24, 2.45) is 5.10 Å². The number of benzene rings is 3. The molecular formula is C26H24N4O4. The van der Waals surface area contributed by atoms with E-state index in [2.05, 4.69) is 32.9 Å². The van der Waals surface area contributed by atoms with Gasteiger partial charge < -0.3 is 14.2 Å². The van der Waals surface area contributed by atoms with Gasteiger partial charge in [-0.25, -0.2) is 5.43 Å². The number of hydrogen-bond acceptors (Lipinski definition) is 6. The van der Waals surface area contributed by atoms with E-state index in [-0.39, 0.29) is 0 Å². The van der Waals surface area contributed by atoms with E-state index in [9.17, 15) is 4.79 Å². The van der Waals surface area contributed by atoms with Crippen LogP contribution in [0.4, 0.5) is 0 Å². The van der Waals surface area contributed by atoms with Crippen molar-refractivity contribution in [1.82, 2.24) is 15.6 Å². The molecule has 1 amide bonds. The quantitative estimate of drug-likeness (QED) is 0.300. The van der Waals surface area contributed by atoms with Gasteiger partial charge in [0, 0.05) is 11.1 Å². The second-order valence-electron chi connectivity index (χ2n) is 7.27. The summed E-state index contributed by atoms with van der Waals surface area (Å²) >= 11 is 0. The van der Waals surface area contributed by atoms with Gasteiger partial charge in [0.05, 0.1) is 33.2 Å². The molecular weight excluding hydrogens is 432 g/mol. The standard InChI is InChI=1S/C26H24N4O4/c1-32-23-13-17(14-24(33-2)25(23)34-3)16-27-30-26(31)22-15-21(28-29-22)20-11-9-19(10-12-20)18-7-5-4-6-8-18/h4-16H,1-3H3,(H,28,29)(H,30,31)/b27-16+. The maximum absolute atomic E-state index is 12.5. The molecule has 2 N–H and O–H groups in total. The van der Waals surface area contributed by atoms with Gasteiger partial charge in [-0.15, -0.1) is 0 Å². The third-order valence-electron chi connectivity index (χ3n) is 5.18. The highest BCUT2D eigenvalue weighted by atomic mass is 16.5. The maximum atomic E-state index is 12.5. The number of hydrogen-bond donors (Lipinski definition) is 2. The first-order valence-corrected chi connectivity index (χ1v) is 10.5. The van der Waals surface area contributed by atoms with Crippen LogP contribution in [0.25, 0.3) is 22.4 Å². The van der Waals surface area contributed by atoms with E-state index in [1.807, 2.05) is 42.5 Å². The minimum Gasteiger partial charge on any atom is -0.493 e. The molecule has 0 spiro atoms. The Hall–Kier alpha value is -4.59. The fourth-order valence-corrected chi connectivity index (χ4v) is 3.45. The zero-order valence-electron chi connectivity index (χ0n) is 19.0. The number of methoxy groups -OCH3 is 3. The zero-order chi connectivity index (χ0) is 23.9. The number of carbonyl (C=O) groups is 1. The van der Waals surface area contributed by atoms with E-state index in [0.29, 0.717) is 34.2 Å². The van der Waals surface area contributed by atoms with Gasteiger partial charge in [0.15, 0.2) is 11.5 Å². The Morgan fingerprint density at radius 1 is 0.853 bits per heavy atom. The highest BCUT2D eigenvalue weighted by molar-refractivity contribution is 5.94. The molecule has 0 fully saturated rings. The molecule has 0 saturated heterocycles. The summed E-state index contributed by atoms with van der Waals surface area (Å²) in [4.78, 5) is 12.5. The van der Waals surface area contributed by atoms with E-state index >= 15 is 0 Å². The summed E-state index contributed by atoms with van der Waals surface area (Å²) in [5.74, 6) is 1.05. The summed E-state index contributed by atoms with van der Waals surface area (Å²) < 4.78 is 16.0. The van der Waals surface area contributed by atoms with E-state index < -0.39 is 5.91 Å². The third-order valence-corrected chi connectivity index (χ3v) is 5.18. The minimum atomic E-state index is -0.414. The molecule has 4 rings (SSSR count). The highest BCUT2D eigenvalue weighted by Gasteiger charge is 2.13. The Labute approximate surface area is 197 Å². The molecule has 4 aromatic rings. The predicted octanol–water partition coefficient (Wildman–Crippen LogP) is 4.53. The normalized spacial score (nSPS) is 10.8. The summed E-state index contributed by atoms with van der Waals surface area (Å²) in [5, 5.41) is 11.0. The Morgan fingerprint density at radius 3 is 2.09 bits per heavy atom. The number of rotatable bonds is 8. The Morgan fingerprint density at radius 2 is 1.47 bits per heavy atom. The van der Waals surface area contributed by atoms with Gasteiger partial charge in [0.1, 0.15) is 5.69 Å². The van der Waals surface area contributed by atoms with Crippen LogP contribution in [0.2, 0.25) is 0 Å². The summed E-state index contributed by atoms with van der Waals surface area (Å²) in [6.45, 7) is 0. The number of aromatic nitrogens is 2. The summed E-state index contributed by atoms with van der Waals surface area (Å²) in [6, 6.07) is 23.3. The number of nitrogens with one attached hydrogen (secondary N) is 2. The van der Waals surface area contributed by atoms with E-state index in [4.69, 9.17) is 14.2 Å². The first kappa shape index (κ1) is 22.6. The van der Waals surface area contributed by atoms with Crippen molar-refractivity contribution in [1.29, 1.82) is 0 Å². The fraction of sp³-hybridized carbons (Fsp3) is 0.115. The molecule has 0 atom stereocenters. The van der Waals surface area contributed by atoms with Gasteiger partial charge in [-0.1, -0.05) is 54.6 Å². The molecule has 0 unspecified atom stereocenters. The number of hydrazone groups is 1. The van der Waals surface area contributed by atoms with Crippen molar-refractivity contribution in [3.63, 3.8) is 0 Å². The lowest BCUT2D eigenvalue weighted by molar-refractivity contribution is 0.0950. The molecule has 8 nitrogen and oxygen atoms in total. The molecule has 8 heteroatoms. The van der Waals surface area contributed by atoms with Crippen molar-refractivity contribution < 1.29 is 19.0 Å². The zero-order valence-corrected chi connectivity index (χ0v) is 19.0. The number of aromatic amines is 1. The average Bonchev–Trinajstić information content (AvgIpc) is 3.39. The SMILES string of the molecule is COc1cc(/C=N/NC(=O)c2cc(-c3ccc(-c4ccccc4)cc3)n[nH]2)cc(OC)c1OC. The van der Waals surface area contributed by atoms with Gasteiger partial charge in [-0.3, -0.25) is 9.89 Å². The smallest absolute Gasteiger partial charge is 0.289 e. The molecule has 0 aliphatic heterocycles. The lowest BCUT2D eigenvalue weighted by Crippen LogP contribution is -2.18. The first-order chi connectivity index (χ1) is 16.6. The van der Waals surface area contributed by atoms with Gasteiger partial charge in [-0.05, 0) is 29.3 Å². The minimum absolute atomic E-state index is 0.296. The van der Waals surface area contributed by atoms with Crippen LogP contribution in [-0.2, 0) is 0 Å². The van der Waals surface area contributed by atoms with Crippen molar-refractivity contribution in [3.05, 3.63) is 84.1 Å². The molecule has 3 aromatic carbocycles. The monoisotopic (exact) mass is 456 g/mol. The van der Waals surface area contributed by atoms with Crippen LogP contribution in [-0.4, -0.2) is 43.6 Å². The second kappa shape index (κ2) is 10.4. The van der Waals surface area contributed by atoms with Crippen molar-refractivity contribution in [3.8, 4) is 39.6 Å². The molecule has 0 aliphatic rings. The van der Waals surface area contributed by atoms with Crippen LogP contribution >= 0.6 is 0 Å². The van der Waals surface area contributed by atoms with Crippen LogP contribution in [0.5, 0.6) is 17.2 Å². The Bertz CT molecular complexity index is 1270. The summed E-state index contributed by atoms with van der Waals surface area (Å²) in [5.41, 5.74) is 7.27. The molecule has 0 aliphatic carbocycles. The van der Waals surface area contributed by atoms with Gasteiger partial charge in [0.25, 0.3) is 5.91 Å². The van der Waals surface area contributed by atoms with Crippen LogP contribution in [0.15, 0.2) is 77.9 Å². The van der Waals surface area contributed by atoms with Gasteiger partial charge >= 0.3 is 0 Å². The molecule has 34 heavy (non-hydrogen) atoms. The van der Waals surface area contributed by atoms with E-state index in [0.717, 1.165) is 16.7 Å². The molecule has 0 saturated carbocycles. The molecule has 172 valence electrons. The largest absolute Gasteiger partial charge is 0.493 e. The van der Waals surface area contributed by atoms with Crippen LogP contribution in [0.3, 0.4) is 0 Å². The summed E-state index contributed by atoms with van der Waals surface area (Å²) in [7, 11) is 4.60. The lowest BCUT2D eigenvalue weighted by Gasteiger charge is -2.12. The lowest BCUT2D eigenvalue weighted by atomic mass is 10.0. The fourth-order valence-electron chi connectivity index (χ4n) is 3.45. The van der Waals surface area contributed by atoms with Gasteiger partial charge in [0.2, 0.25) is 5.75 Å². The first-order valence-electron chi connectivity index (χ1n) is 10.5. The van der Waals surface area contributed by atoms with Crippen LogP contribution in [0, 0.1) is 0 Å². The number of amides is 1. The summed E-state index contributed by atoms with van der Waals surface area (Å²) in [6.07, 6.45) is 1.49. The van der Waals surface area contributed by atoms with Crippen molar-refractivity contribution in [2.45, 2.75) is 0 Å². The topological polar surface area (TPSA) is 97.8 Å². The van der Waals surface area contributed by atoms with Crippen LogP contribution in [0.1, 0.15) is 16.1 Å². The number of ether oxygens (including phenoxy) is 3. The number of nitrogens with zero attached hydrogens (tertiary/aromatic N) is 2. The number of H-pyrrole nitrogens is 1. The molecule has 0 bridgehead atoms. The second-order valence-corrected chi connectivity index (χ2v) is 7.27. The Balaban J connectivity index is 1.43. The predicted molar refractivity (Wildman–Crippen MR) is 131 cm³/mol. The van der Waals surface area contributed by atoms with E-state index in [1.165, 1.54) is 27.5 Å².